The monoisotopic (exact) mass is 630 g/mol. The molecule has 2 aromatic rings. The van der Waals surface area contributed by atoms with Gasteiger partial charge in [0, 0.05) is 63.1 Å². The molecule has 3 atom stereocenters. The van der Waals surface area contributed by atoms with Gasteiger partial charge in [0.2, 0.25) is 5.91 Å². The Bertz CT molecular complexity index is 1400. The minimum Gasteiger partial charge on any atom is -0.465 e. The Balaban J connectivity index is 1.24. The highest BCUT2D eigenvalue weighted by atomic mass is 16.4. The maximum atomic E-state index is 14.6. The molecule has 3 saturated heterocycles. The van der Waals surface area contributed by atoms with Crippen molar-refractivity contribution in [2.45, 2.75) is 70.5 Å². The molecule has 3 fully saturated rings. The van der Waals surface area contributed by atoms with Crippen LogP contribution in [0.3, 0.4) is 0 Å². The summed E-state index contributed by atoms with van der Waals surface area (Å²) in [7, 11) is 2.18. The number of carboxylic acid groups (broad SMARTS) is 1. The Labute approximate surface area is 273 Å². The van der Waals surface area contributed by atoms with Crippen LogP contribution in [0, 0.1) is 19.8 Å². The van der Waals surface area contributed by atoms with Crippen molar-refractivity contribution >= 4 is 23.7 Å². The van der Waals surface area contributed by atoms with E-state index >= 15 is 0 Å². The number of urea groups is 1. The molecule has 0 spiro atoms. The van der Waals surface area contributed by atoms with Crippen LogP contribution in [0.1, 0.15) is 47.9 Å². The highest BCUT2D eigenvalue weighted by Gasteiger charge is 2.44. The van der Waals surface area contributed by atoms with Gasteiger partial charge in [-0.1, -0.05) is 47.5 Å². The van der Waals surface area contributed by atoms with Crippen molar-refractivity contribution in [1.82, 2.24) is 24.5 Å². The van der Waals surface area contributed by atoms with Crippen molar-refractivity contribution in [3.05, 3.63) is 64.7 Å². The average Bonchev–Trinajstić information content (AvgIpc) is 3.21. The lowest BCUT2D eigenvalue weighted by Crippen LogP contribution is -2.60. The van der Waals surface area contributed by atoms with Crippen LogP contribution >= 0.6 is 0 Å². The van der Waals surface area contributed by atoms with E-state index in [0.717, 1.165) is 73.4 Å². The number of amides is 4. The van der Waals surface area contributed by atoms with Crippen LogP contribution in [0.2, 0.25) is 0 Å². The number of carbonyl (C=O) groups is 3. The highest BCUT2D eigenvalue weighted by molar-refractivity contribution is 5.91. The number of para-hydroxylation sites is 1. The van der Waals surface area contributed by atoms with Crippen molar-refractivity contribution < 1.29 is 19.5 Å². The molecule has 10 nitrogen and oxygen atoms in total. The fraction of sp³-hybridized carbons (Fsp3) is 0.583. The molecule has 4 aliphatic rings. The number of rotatable bonds is 6. The van der Waals surface area contributed by atoms with Gasteiger partial charge in [0.15, 0.2) is 0 Å². The second-order valence-corrected chi connectivity index (χ2v) is 14.0. The van der Waals surface area contributed by atoms with Gasteiger partial charge in [0.05, 0.1) is 5.92 Å². The molecular weight excluding hydrogens is 580 g/mol. The van der Waals surface area contributed by atoms with Crippen LogP contribution in [-0.2, 0) is 17.6 Å². The van der Waals surface area contributed by atoms with Gasteiger partial charge < -0.3 is 30.0 Å². The summed E-state index contributed by atoms with van der Waals surface area (Å²) in [5, 5.41) is 13.5. The van der Waals surface area contributed by atoms with Crippen molar-refractivity contribution in [2.24, 2.45) is 5.92 Å². The first kappa shape index (κ1) is 32.3. The maximum Gasteiger partial charge on any atom is 0.407 e. The zero-order valence-corrected chi connectivity index (χ0v) is 27.7. The van der Waals surface area contributed by atoms with E-state index in [4.69, 9.17) is 0 Å². The Morgan fingerprint density at radius 3 is 2.26 bits per heavy atom. The van der Waals surface area contributed by atoms with Gasteiger partial charge in [0.1, 0.15) is 0 Å². The molecule has 46 heavy (non-hydrogen) atoms. The topological polar surface area (TPSA) is 99.7 Å². The summed E-state index contributed by atoms with van der Waals surface area (Å²) in [4.78, 5) is 51.1. The molecule has 10 heteroatoms. The number of aryl methyl sites for hydroxylation is 2. The number of hydrogen-bond donors (Lipinski definition) is 2. The van der Waals surface area contributed by atoms with Crippen LogP contribution in [0.5, 0.6) is 0 Å². The summed E-state index contributed by atoms with van der Waals surface area (Å²) in [5.41, 5.74) is 5.24. The largest absolute Gasteiger partial charge is 0.465 e. The number of benzene rings is 2. The molecule has 0 aromatic heterocycles. The summed E-state index contributed by atoms with van der Waals surface area (Å²) in [5.74, 6) is -0.506. The molecule has 0 bridgehead atoms. The molecule has 4 aliphatic heterocycles. The number of nitrogens with zero attached hydrogens (tertiary/aromatic N) is 5. The second kappa shape index (κ2) is 14.0. The minimum atomic E-state index is -0.999. The molecule has 4 heterocycles. The molecule has 0 aliphatic carbocycles. The van der Waals surface area contributed by atoms with Gasteiger partial charge in [-0.25, -0.2) is 9.59 Å². The summed E-state index contributed by atoms with van der Waals surface area (Å²) < 4.78 is 0. The van der Waals surface area contributed by atoms with E-state index in [1.807, 2.05) is 34.1 Å². The van der Waals surface area contributed by atoms with E-state index in [-0.39, 0.29) is 18.0 Å². The smallest absolute Gasteiger partial charge is 0.407 e. The van der Waals surface area contributed by atoms with E-state index in [1.54, 1.807) is 0 Å². The first-order valence-corrected chi connectivity index (χ1v) is 17.1. The third-order valence-corrected chi connectivity index (χ3v) is 10.8. The van der Waals surface area contributed by atoms with E-state index in [1.165, 1.54) is 4.90 Å². The number of likely N-dealkylation sites (tertiary alicyclic amines) is 2. The first-order valence-electron chi connectivity index (χ1n) is 17.1. The summed E-state index contributed by atoms with van der Waals surface area (Å²) in [6.45, 7) is 10.2. The van der Waals surface area contributed by atoms with E-state index in [2.05, 4.69) is 54.2 Å². The molecule has 2 N–H and O–H groups in total. The predicted molar refractivity (Wildman–Crippen MR) is 179 cm³/mol. The standard InChI is InChI=1S/C36H50N6O4/c1-25-20-26(2)22-27(21-25)23-31(34(43)40-18-16-39(17-19-40)29-9-12-38(3)13-10-29)33-24-30(11-15-42(33)36(45)46)41-14-8-28-6-4-5-7-32(28)37-35(41)44/h4-7,20-22,29-31,33H,8-19,23-24H2,1-3H3,(H,37,44)(H,45,46)/t30?,31?,33-/m1/s1. The van der Waals surface area contributed by atoms with Gasteiger partial charge in [-0.15, -0.1) is 0 Å². The van der Waals surface area contributed by atoms with Crippen LogP contribution in [0.15, 0.2) is 42.5 Å². The first-order chi connectivity index (χ1) is 22.2. The maximum absolute atomic E-state index is 14.6. The van der Waals surface area contributed by atoms with Crippen molar-refractivity contribution in [2.75, 3.05) is 64.7 Å². The number of nitrogens with one attached hydrogen (secondary N) is 1. The summed E-state index contributed by atoms with van der Waals surface area (Å²) in [6, 6.07) is 14.0. The third kappa shape index (κ3) is 7.18. The summed E-state index contributed by atoms with van der Waals surface area (Å²) in [6.07, 6.45) is 3.50. The quantitative estimate of drug-likeness (QED) is 0.494. The van der Waals surface area contributed by atoms with Crippen LogP contribution in [-0.4, -0.2) is 125 Å². The number of hydrogen-bond acceptors (Lipinski definition) is 5. The molecule has 248 valence electrons. The van der Waals surface area contributed by atoms with Crippen LogP contribution in [0.25, 0.3) is 0 Å². The van der Waals surface area contributed by atoms with Gasteiger partial charge in [-0.3, -0.25) is 9.69 Å². The third-order valence-electron chi connectivity index (χ3n) is 10.8. The van der Waals surface area contributed by atoms with Gasteiger partial charge >= 0.3 is 12.1 Å². The van der Waals surface area contributed by atoms with E-state index in [9.17, 15) is 19.5 Å². The lowest BCUT2D eigenvalue weighted by atomic mass is 9.82. The SMILES string of the molecule is Cc1cc(C)cc(CC(C(=O)N2CCN(C3CCN(C)CC3)CC2)[C@H]2CC(N3CCc4ccccc4NC3=O)CCN2C(=O)O)c1. The lowest BCUT2D eigenvalue weighted by Gasteiger charge is -2.46. The molecule has 0 saturated carbocycles. The zero-order valence-electron chi connectivity index (χ0n) is 27.7. The van der Waals surface area contributed by atoms with E-state index in [0.29, 0.717) is 51.5 Å². The Morgan fingerprint density at radius 2 is 1.57 bits per heavy atom. The molecule has 4 amide bonds. The van der Waals surface area contributed by atoms with Gasteiger partial charge in [0.25, 0.3) is 0 Å². The molecule has 2 aromatic carbocycles. The van der Waals surface area contributed by atoms with Gasteiger partial charge in [-0.2, -0.15) is 0 Å². The number of piperazine rings is 1. The van der Waals surface area contributed by atoms with Crippen molar-refractivity contribution in [3.8, 4) is 0 Å². The number of piperidine rings is 2. The van der Waals surface area contributed by atoms with Crippen molar-refractivity contribution in [1.29, 1.82) is 0 Å². The predicted octanol–water partition coefficient (Wildman–Crippen LogP) is 4.30. The summed E-state index contributed by atoms with van der Waals surface area (Å²) >= 11 is 0. The van der Waals surface area contributed by atoms with E-state index < -0.39 is 18.1 Å². The normalized spacial score (nSPS) is 24.2. The molecule has 2 unspecified atom stereocenters. The highest BCUT2D eigenvalue weighted by Crippen LogP contribution is 2.33. The van der Waals surface area contributed by atoms with Gasteiger partial charge in [-0.05, 0) is 89.7 Å². The second-order valence-electron chi connectivity index (χ2n) is 14.0. The molecular formula is C36H50N6O4. The fourth-order valence-corrected chi connectivity index (χ4v) is 8.35. The zero-order chi connectivity index (χ0) is 32.4. The van der Waals surface area contributed by atoms with Crippen LogP contribution < -0.4 is 5.32 Å². The Kier molecular flexibility index (Phi) is 9.84. The molecule has 0 radical (unpaired) electrons. The number of anilines is 1. The fourth-order valence-electron chi connectivity index (χ4n) is 8.35. The lowest BCUT2D eigenvalue weighted by molar-refractivity contribution is -0.140. The van der Waals surface area contributed by atoms with Crippen LogP contribution in [0.4, 0.5) is 15.3 Å². The number of carbonyl (C=O) groups excluding carboxylic acids is 2. The van der Waals surface area contributed by atoms with Crippen molar-refractivity contribution in [3.63, 3.8) is 0 Å². The number of fused-ring (bicyclic) bond motifs is 1. The average molecular weight is 631 g/mol. The Hall–Kier alpha value is -3.63. The molecule has 6 rings (SSSR count). The Morgan fingerprint density at radius 1 is 0.891 bits per heavy atom. The minimum absolute atomic E-state index is 0.0341.